The van der Waals surface area contributed by atoms with Crippen LogP contribution >= 0.6 is 0 Å². The van der Waals surface area contributed by atoms with Crippen LogP contribution in [0.5, 0.6) is 0 Å². The van der Waals surface area contributed by atoms with Crippen LogP contribution in [0.1, 0.15) is 41.7 Å². The first-order chi connectivity index (χ1) is 10.1. The fourth-order valence-corrected chi connectivity index (χ4v) is 2.98. The number of nitrogens with one attached hydrogen (secondary N) is 2. The van der Waals surface area contributed by atoms with Crippen LogP contribution in [0.25, 0.3) is 0 Å². The Kier molecular flexibility index (Phi) is 3.92. The lowest BCUT2D eigenvalue weighted by atomic mass is 9.92. The van der Waals surface area contributed by atoms with Gasteiger partial charge in [0.25, 0.3) is 5.91 Å². The third kappa shape index (κ3) is 2.92. The van der Waals surface area contributed by atoms with E-state index < -0.39 is 0 Å². The molecule has 2 aliphatic rings. The number of carbonyl (C=O) groups excluding carboxylic acids is 2. The lowest BCUT2D eigenvalue weighted by molar-refractivity contribution is -0.125. The summed E-state index contributed by atoms with van der Waals surface area (Å²) in [6, 6.07) is -0.300. The van der Waals surface area contributed by atoms with Gasteiger partial charge in [-0.05, 0) is 26.2 Å². The Morgan fingerprint density at radius 3 is 3.00 bits per heavy atom. The molecule has 7 heteroatoms. The monoisotopic (exact) mass is 293 g/mol. The van der Waals surface area contributed by atoms with Crippen molar-refractivity contribution in [2.75, 3.05) is 6.61 Å². The number of aryl methyl sites for hydroxylation is 1. The van der Waals surface area contributed by atoms with Crippen molar-refractivity contribution in [1.82, 2.24) is 15.8 Å². The summed E-state index contributed by atoms with van der Waals surface area (Å²) in [5, 5.41) is 9.64. The zero-order valence-corrected chi connectivity index (χ0v) is 11.9. The number of piperidine rings is 1. The van der Waals surface area contributed by atoms with Gasteiger partial charge in [-0.1, -0.05) is 5.16 Å². The summed E-state index contributed by atoms with van der Waals surface area (Å²) < 4.78 is 10.5. The molecule has 0 aliphatic carbocycles. The molecular formula is C14H19N3O4. The molecule has 2 aliphatic heterocycles. The van der Waals surface area contributed by atoms with E-state index in [1.54, 1.807) is 6.92 Å². The Labute approximate surface area is 122 Å². The van der Waals surface area contributed by atoms with Crippen molar-refractivity contribution in [3.8, 4) is 0 Å². The minimum atomic E-state index is -0.224. The molecule has 1 aromatic rings. The molecule has 0 bridgehead atoms. The highest BCUT2D eigenvalue weighted by molar-refractivity contribution is 5.95. The average molecular weight is 293 g/mol. The molecule has 3 heterocycles. The summed E-state index contributed by atoms with van der Waals surface area (Å²) in [4.78, 5) is 23.9. The zero-order chi connectivity index (χ0) is 14.8. The highest BCUT2D eigenvalue weighted by Gasteiger charge is 2.37. The van der Waals surface area contributed by atoms with Crippen LogP contribution in [0, 0.1) is 6.92 Å². The van der Waals surface area contributed by atoms with Gasteiger partial charge in [0.2, 0.25) is 5.91 Å². The van der Waals surface area contributed by atoms with E-state index in [0.717, 1.165) is 12.8 Å². The van der Waals surface area contributed by atoms with Gasteiger partial charge in [-0.2, -0.15) is 0 Å². The van der Waals surface area contributed by atoms with E-state index in [0.29, 0.717) is 30.7 Å². The lowest BCUT2D eigenvalue weighted by Crippen LogP contribution is -2.60. The van der Waals surface area contributed by atoms with Crippen LogP contribution < -0.4 is 10.6 Å². The Hall–Kier alpha value is -1.89. The summed E-state index contributed by atoms with van der Waals surface area (Å²) in [6.45, 7) is 2.43. The molecule has 2 N–H and O–H groups in total. The van der Waals surface area contributed by atoms with Gasteiger partial charge in [0, 0.05) is 13.0 Å². The molecule has 0 spiro atoms. The summed E-state index contributed by atoms with van der Waals surface area (Å²) >= 11 is 0. The second kappa shape index (κ2) is 5.85. The molecule has 3 atom stereocenters. The first-order valence-corrected chi connectivity index (χ1v) is 7.28. The third-order valence-corrected chi connectivity index (χ3v) is 4.12. The van der Waals surface area contributed by atoms with Crippen molar-refractivity contribution in [2.24, 2.45) is 0 Å². The van der Waals surface area contributed by atoms with Gasteiger partial charge in [0.1, 0.15) is 11.8 Å². The minimum Gasteiger partial charge on any atom is -0.376 e. The number of aromatic nitrogens is 1. The van der Waals surface area contributed by atoms with Gasteiger partial charge in [-0.3, -0.25) is 9.59 Å². The van der Waals surface area contributed by atoms with Crippen LogP contribution in [0.3, 0.4) is 0 Å². The van der Waals surface area contributed by atoms with Gasteiger partial charge in [-0.15, -0.1) is 0 Å². The number of amides is 2. The van der Waals surface area contributed by atoms with Crippen LogP contribution in [-0.2, 0) is 9.53 Å². The third-order valence-electron chi connectivity index (χ3n) is 4.12. The molecule has 2 saturated heterocycles. The van der Waals surface area contributed by atoms with Gasteiger partial charge in [0.05, 0.1) is 23.9 Å². The summed E-state index contributed by atoms with van der Waals surface area (Å²) in [5.74, 6) is -0.208. The van der Waals surface area contributed by atoms with Gasteiger partial charge in [0.15, 0.2) is 0 Å². The Morgan fingerprint density at radius 2 is 2.33 bits per heavy atom. The summed E-state index contributed by atoms with van der Waals surface area (Å²) in [7, 11) is 0. The topological polar surface area (TPSA) is 93.5 Å². The molecule has 114 valence electrons. The van der Waals surface area contributed by atoms with Crippen molar-refractivity contribution < 1.29 is 18.8 Å². The smallest absolute Gasteiger partial charge is 0.256 e. The van der Waals surface area contributed by atoms with E-state index in [4.69, 9.17) is 9.26 Å². The fourth-order valence-electron chi connectivity index (χ4n) is 2.98. The van der Waals surface area contributed by atoms with Gasteiger partial charge in [-0.25, -0.2) is 0 Å². The van der Waals surface area contributed by atoms with Crippen molar-refractivity contribution in [3.63, 3.8) is 0 Å². The van der Waals surface area contributed by atoms with Crippen molar-refractivity contribution in [3.05, 3.63) is 17.5 Å². The number of nitrogens with zero attached hydrogens (tertiary/aromatic N) is 1. The summed E-state index contributed by atoms with van der Waals surface area (Å²) in [5.41, 5.74) is 0.985. The second-order valence-corrected chi connectivity index (χ2v) is 5.58. The quantitative estimate of drug-likeness (QED) is 0.848. The number of rotatable bonds is 3. The molecule has 0 aromatic carbocycles. The van der Waals surface area contributed by atoms with E-state index in [2.05, 4.69) is 15.8 Å². The van der Waals surface area contributed by atoms with Crippen LogP contribution in [0.2, 0.25) is 0 Å². The molecular weight excluding hydrogens is 274 g/mol. The van der Waals surface area contributed by atoms with Gasteiger partial charge >= 0.3 is 0 Å². The number of carbonyl (C=O) groups is 2. The van der Waals surface area contributed by atoms with E-state index in [-0.39, 0.29) is 30.0 Å². The highest BCUT2D eigenvalue weighted by atomic mass is 16.5. The fraction of sp³-hybridized carbons (Fsp3) is 0.643. The molecule has 2 fully saturated rings. The molecule has 2 amide bonds. The van der Waals surface area contributed by atoms with E-state index in [9.17, 15) is 9.59 Å². The Morgan fingerprint density at radius 1 is 1.48 bits per heavy atom. The molecule has 3 rings (SSSR count). The Balaban J connectivity index is 1.71. The van der Waals surface area contributed by atoms with E-state index in [1.807, 2.05) is 0 Å². The first-order valence-electron chi connectivity index (χ1n) is 7.28. The average Bonchev–Trinajstić information content (AvgIpc) is 3.11. The summed E-state index contributed by atoms with van der Waals surface area (Å²) in [6.07, 6.45) is 4.24. The first kappa shape index (κ1) is 14.1. The van der Waals surface area contributed by atoms with Gasteiger partial charge < -0.3 is 19.9 Å². The largest absolute Gasteiger partial charge is 0.376 e. The normalized spacial score (nSPS) is 29.2. The maximum absolute atomic E-state index is 12.3. The van der Waals surface area contributed by atoms with E-state index in [1.165, 1.54) is 6.26 Å². The zero-order valence-electron chi connectivity index (χ0n) is 11.9. The second-order valence-electron chi connectivity index (χ2n) is 5.58. The molecule has 1 unspecified atom stereocenters. The molecule has 0 saturated carbocycles. The highest BCUT2D eigenvalue weighted by Crippen LogP contribution is 2.23. The molecule has 1 aromatic heterocycles. The molecule has 0 radical (unpaired) electrons. The predicted octanol–water partition coefficient (Wildman–Crippen LogP) is 0.539. The van der Waals surface area contributed by atoms with Crippen LogP contribution in [0.15, 0.2) is 10.8 Å². The van der Waals surface area contributed by atoms with E-state index >= 15 is 0 Å². The predicted molar refractivity (Wildman–Crippen MR) is 72.6 cm³/mol. The minimum absolute atomic E-state index is 0.0159. The SMILES string of the molecule is Cc1nocc1C(=O)N[C@H]1CCC(=O)N[C@@H]1C1CCCO1. The van der Waals surface area contributed by atoms with Crippen molar-refractivity contribution in [1.29, 1.82) is 0 Å². The number of hydrogen-bond donors (Lipinski definition) is 2. The number of ether oxygens (including phenoxy) is 1. The maximum atomic E-state index is 12.3. The molecule has 7 nitrogen and oxygen atoms in total. The Bertz CT molecular complexity index is 536. The number of hydrogen-bond acceptors (Lipinski definition) is 5. The standard InChI is InChI=1S/C14H19N3O4/c1-8-9(7-21-17-8)14(19)15-10-4-5-12(18)16-13(10)11-3-2-6-20-11/h7,10-11,13H,2-6H2,1H3,(H,15,19)(H,16,18)/t10-,11?,13-/m0/s1. The van der Waals surface area contributed by atoms with Crippen molar-refractivity contribution >= 4 is 11.8 Å². The van der Waals surface area contributed by atoms with Crippen LogP contribution in [-0.4, -0.2) is 41.8 Å². The molecule has 21 heavy (non-hydrogen) atoms. The lowest BCUT2D eigenvalue weighted by Gasteiger charge is -2.36. The van der Waals surface area contributed by atoms with Crippen LogP contribution in [0.4, 0.5) is 0 Å². The van der Waals surface area contributed by atoms with Crippen molar-refractivity contribution in [2.45, 2.75) is 50.8 Å². The maximum Gasteiger partial charge on any atom is 0.256 e.